The molecule has 0 amide bonds. The maximum atomic E-state index is 9.71. The van der Waals surface area contributed by atoms with E-state index in [1.165, 1.54) is 10.9 Å². The molecule has 1 unspecified atom stereocenters. The van der Waals surface area contributed by atoms with Crippen molar-refractivity contribution < 1.29 is 5.11 Å². The number of allylic oxidation sites excluding steroid dienone is 1. The highest BCUT2D eigenvalue weighted by Gasteiger charge is 2.07. The van der Waals surface area contributed by atoms with E-state index in [0.29, 0.717) is 0 Å². The molecule has 1 aromatic carbocycles. The van der Waals surface area contributed by atoms with Gasteiger partial charge in [-0.15, -0.1) is 0 Å². The van der Waals surface area contributed by atoms with Crippen LogP contribution in [0.25, 0.3) is 5.31 Å². The number of nitrogens with zero attached hydrogens (tertiary/aromatic N) is 2. The van der Waals surface area contributed by atoms with Crippen LogP contribution in [-0.2, 0) is 6.54 Å². The van der Waals surface area contributed by atoms with E-state index in [-0.39, 0.29) is 0 Å². The molecule has 0 saturated carbocycles. The van der Waals surface area contributed by atoms with Crippen molar-refractivity contribution in [2.45, 2.75) is 39.3 Å². The van der Waals surface area contributed by atoms with Crippen molar-refractivity contribution in [3.8, 4) is 11.8 Å². The Labute approximate surface area is 146 Å². The average Bonchev–Trinajstić information content (AvgIpc) is 3.06. The minimum atomic E-state index is -0.534. The summed E-state index contributed by atoms with van der Waals surface area (Å²) in [5.74, 6) is 6.98. The zero-order valence-electron chi connectivity index (χ0n) is 14.6. The molecule has 2 atom stereocenters. The van der Waals surface area contributed by atoms with Gasteiger partial charge in [0.05, 0.1) is 0 Å². The summed E-state index contributed by atoms with van der Waals surface area (Å²) in [5.41, 5.74) is 2.33. The number of hydrogen-bond donors (Lipinski definition) is 1. The SMILES string of the molecule is CCC#Cc1ccc(/C(=C/CCn2ccnc2[C@H](C)O)PC)cc1. The maximum Gasteiger partial charge on any atom is 0.137 e. The van der Waals surface area contributed by atoms with Crippen molar-refractivity contribution >= 4 is 13.9 Å². The number of benzene rings is 1. The highest BCUT2D eigenvalue weighted by molar-refractivity contribution is 7.49. The van der Waals surface area contributed by atoms with Gasteiger partial charge in [0.15, 0.2) is 0 Å². The first-order valence-electron chi connectivity index (χ1n) is 8.32. The van der Waals surface area contributed by atoms with Crippen LogP contribution in [0.15, 0.2) is 42.7 Å². The van der Waals surface area contributed by atoms with Crippen LogP contribution < -0.4 is 0 Å². The quantitative estimate of drug-likeness (QED) is 0.624. The minimum Gasteiger partial charge on any atom is -0.385 e. The number of rotatable bonds is 6. The summed E-state index contributed by atoms with van der Waals surface area (Å²) in [4.78, 5) is 4.21. The molecule has 24 heavy (non-hydrogen) atoms. The Morgan fingerprint density at radius 1 is 1.38 bits per heavy atom. The van der Waals surface area contributed by atoms with E-state index in [9.17, 15) is 5.11 Å². The summed E-state index contributed by atoms with van der Waals surface area (Å²) in [6.07, 6.45) is 7.22. The van der Waals surface area contributed by atoms with Gasteiger partial charge in [0.25, 0.3) is 0 Å². The summed E-state index contributed by atoms with van der Waals surface area (Å²) >= 11 is 0. The average molecular weight is 340 g/mol. The largest absolute Gasteiger partial charge is 0.385 e. The van der Waals surface area contributed by atoms with Gasteiger partial charge in [-0.2, -0.15) is 0 Å². The molecule has 2 rings (SSSR count). The lowest BCUT2D eigenvalue weighted by molar-refractivity contribution is 0.183. The minimum absolute atomic E-state index is 0.534. The summed E-state index contributed by atoms with van der Waals surface area (Å²) < 4.78 is 2.01. The maximum absolute atomic E-state index is 9.71. The summed E-state index contributed by atoms with van der Waals surface area (Å²) in [5, 5.41) is 11.1. The molecule has 1 N–H and O–H groups in total. The van der Waals surface area contributed by atoms with Gasteiger partial charge >= 0.3 is 0 Å². The monoisotopic (exact) mass is 340 g/mol. The molecule has 3 nitrogen and oxygen atoms in total. The lowest BCUT2D eigenvalue weighted by Crippen LogP contribution is -2.05. The van der Waals surface area contributed by atoms with Crippen LogP contribution in [0.3, 0.4) is 0 Å². The Balaban J connectivity index is 2.05. The summed E-state index contributed by atoms with van der Waals surface area (Å²) in [6.45, 7) is 6.84. The third-order valence-electron chi connectivity index (χ3n) is 3.71. The molecule has 0 aliphatic rings. The Bertz CT molecular complexity index is 733. The molecule has 0 spiro atoms. The molecule has 2 aromatic rings. The van der Waals surface area contributed by atoms with Crippen LogP contribution in [-0.4, -0.2) is 21.3 Å². The lowest BCUT2D eigenvalue weighted by atomic mass is 10.1. The molecule has 1 aromatic heterocycles. The van der Waals surface area contributed by atoms with Gasteiger partial charge < -0.3 is 9.67 Å². The van der Waals surface area contributed by atoms with Crippen molar-refractivity contribution in [3.05, 3.63) is 59.7 Å². The van der Waals surface area contributed by atoms with Gasteiger partial charge in [-0.1, -0.05) is 45.6 Å². The standard InChI is InChI=1S/C20H25N2OP/c1-4-5-7-17-9-11-18(12-10-17)19(24-3)8-6-14-22-15-13-21-20(22)16(2)23/h8-13,15-16,23-24H,4,6,14H2,1-3H3/b19-8-/t16-/m0/s1. The van der Waals surface area contributed by atoms with E-state index in [1.54, 1.807) is 13.1 Å². The molecule has 0 saturated heterocycles. The van der Waals surface area contributed by atoms with E-state index in [2.05, 4.69) is 60.8 Å². The topological polar surface area (TPSA) is 38.0 Å². The fourth-order valence-corrected chi connectivity index (χ4v) is 3.32. The number of aliphatic hydroxyl groups excluding tert-OH is 1. The summed E-state index contributed by atoms with van der Waals surface area (Å²) in [6, 6.07) is 8.49. The Kier molecular flexibility index (Phi) is 7.25. The predicted molar refractivity (Wildman–Crippen MR) is 103 cm³/mol. The van der Waals surface area contributed by atoms with Crippen molar-refractivity contribution in [3.63, 3.8) is 0 Å². The van der Waals surface area contributed by atoms with Gasteiger partial charge in [-0.3, -0.25) is 0 Å². The van der Waals surface area contributed by atoms with Gasteiger partial charge in [0.2, 0.25) is 0 Å². The van der Waals surface area contributed by atoms with Gasteiger partial charge in [-0.05, 0) is 43.0 Å². The van der Waals surface area contributed by atoms with E-state index >= 15 is 0 Å². The van der Waals surface area contributed by atoms with Gasteiger partial charge in [0.1, 0.15) is 11.9 Å². The molecule has 0 fully saturated rings. The number of imidazole rings is 1. The molecule has 4 heteroatoms. The third-order valence-corrected chi connectivity index (χ3v) is 4.75. The summed E-state index contributed by atoms with van der Waals surface area (Å²) in [7, 11) is 0.743. The third kappa shape index (κ3) is 5.06. The predicted octanol–water partition coefficient (Wildman–Crippen LogP) is 4.44. The Hall–Kier alpha value is -1.88. The number of hydrogen-bond acceptors (Lipinski definition) is 2. The highest BCUT2D eigenvalue weighted by atomic mass is 31.1. The van der Waals surface area contributed by atoms with E-state index in [0.717, 1.165) is 39.4 Å². The number of aryl methyl sites for hydroxylation is 1. The molecule has 1 heterocycles. The Morgan fingerprint density at radius 3 is 2.75 bits per heavy atom. The first-order valence-corrected chi connectivity index (χ1v) is 9.82. The fraction of sp³-hybridized carbons (Fsp3) is 0.350. The molecular formula is C20H25N2OP. The molecule has 0 bridgehead atoms. The highest BCUT2D eigenvalue weighted by Crippen LogP contribution is 2.31. The second kappa shape index (κ2) is 9.42. The van der Waals surface area contributed by atoms with Crippen molar-refractivity contribution in [2.24, 2.45) is 0 Å². The first-order chi connectivity index (χ1) is 11.7. The first kappa shape index (κ1) is 18.5. The molecule has 126 valence electrons. The van der Waals surface area contributed by atoms with Crippen LogP contribution in [0.4, 0.5) is 0 Å². The van der Waals surface area contributed by atoms with Gasteiger partial charge in [-0.25, -0.2) is 4.98 Å². The van der Waals surface area contributed by atoms with Crippen molar-refractivity contribution in [1.82, 2.24) is 9.55 Å². The molecule has 0 aliphatic heterocycles. The van der Waals surface area contributed by atoms with E-state index in [4.69, 9.17) is 0 Å². The van der Waals surface area contributed by atoms with Crippen molar-refractivity contribution in [2.75, 3.05) is 6.66 Å². The molecule has 0 aliphatic carbocycles. The second-order valence-electron chi connectivity index (χ2n) is 5.54. The van der Waals surface area contributed by atoms with Crippen LogP contribution in [0.1, 0.15) is 49.7 Å². The number of aromatic nitrogens is 2. The van der Waals surface area contributed by atoms with Crippen LogP contribution in [0.5, 0.6) is 0 Å². The zero-order valence-corrected chi connectivity index (χ0v) is 15.6. The smallest absolute Gasteiger partial charge is 0.137 e. The Morgan fingerprint density at radius 2 is 2.12 bits per heavy atom. The lowest BCUT2D eigenvalue weighted by Gasteiger charge is -2.09. The van der Waals surface area contributed by atoms with Crippen LogP contribution >= 0.6 is 8.58 Å². The second-order valence-corrected chi connectivity index (χ2v) is 6.58. The number of aliphatic hydroxyl groups is 1. The van der Waals surface area contributed by atoms with Crippen molar-refractivity contribution in [1.29, 1.82) is 0 Å². The molecule has 0 radical (unpaired) electrons. The van der Waals surface area contributed by atoms with E-state index in [1.807, 2.05) is 10.8 Å². The van der Waals surface area contributed by atoms with Crippen LogP contribution in [0.2, 0.25) is 0 Å². The zero-order chi connectivity index (χ0) is 17.4. The normalized spacial score (nSPS) is 13.1. The van der Waals surface area contributed by atoms with Gasteiger partial charge in [0, 0.05) is 30.9 Å². The van der Waals surface area contributed by atoms with E-state index < -0.39 is 6.10 Å². The fourth-order valence-electron chi connectivity index (χ4n) is 2.51. The molecular weight excluding hydrogens is 315 g/mol. The van der Waals surface area contributed by atoms with Crippen LogP contribution in [0, 0.1) is 11.8 Å².